The number of halogens is 1. The maximum atomic E-state index is 12.1. The summed E-state index contributed by atoms with van der Waals surface area (Å²) in [6.07, 6.45) is 3.66. The number of hydrogen-bond donors (Lipinski definition) is 0. The second-order valence-electron chi connectivity index (χ2n) is 6.31. The summed E-state index contributed by atoms with van der Waals surface area (Å²) < 4.78 is 10.4. The zero-order chi connectivity index (χ0) is 17.9. The molecular weight excluding hydrogens is 352 g/mol. The summed E-state index contributed by atoms with van der Waals surface area (Å²) in [5.74, 6) is 0.387. The van der Waals surface area contributed by atoms with Gasteiger partial charge in [-0.15, -0.1) is 0 Å². The molecule has 1 aliphatic carbocycles. The van der Waals surface area contributed by atoms with Crippen LogP contribution in [0.15, 0.2) is 47.0 Å². The van der Waals surface area contributed by atoms with Crippen molar-refractivity contribution in [1.82, 2.24) is 10.1 Å². The van der Waals surface area contributed by atoms with E-state index in [0.717, 1.165) is 24.0 Å². The monoisotopic (exact) mass is 368 g/mol. The van der Waals surface area contributed by atoms with E-state index in [1.165, 1.54) is 17.5 Å². The Kier molecular flexibility index (Phi) is 4.71. The molecule has 1 heterocycles. The van der Waals surface area contributed by atoms with E-state index in [4.69, 9.17) is 20.9 Å². The minimum absolute atomic E-state index is 0.0373. The summed E-state index contributed by atoms with van der Waals surface area (Å²) in [6, 6.07) is 13.3. The first-order chi connectivity index (χ1) is 12.7. The quantitative estimate of drug-likeness (QED) is 0.632. The second-order valence-corrected chi connectivity index (χ2v) is 6.75. The lowest BCUT2D eigenvalue weighted by atomic mass is 10.0. The van der Waals surface area contributed by atoms with Crippen molar-refractivity contribution < 1.29 is 14.1 Å². The van der Waals surface area contributed by atoms with Crippen LogP contribution in [0.3, 0.4) is 0 Å². The van der Waals surface area contributed by atoms with Crippen molar-refractivity contribution in [2.24, 2.45) is 0 Å². The van der Waals surface area contributed by atoms with Gasteiger partial charge in [0.1, 0.15) is 0 Å². The summed E-state index contributed by atoms with van der Waals surface area (Å²) in [5.41, 5.74) is 4.50. The van der Waals surface area contributed by atoms with E-state index in [9.17, 15) is 4.79 Å². The zero-order valence-electron chi connectivity index (χ0n) is 14.1. The third kappa shape index (κ3) is 3.78. The number of aryl methyl sites for hydroxylation is 2. The van der Waals surface area contributed by atoms with E-state index >= 15 is 0 Å². The van der Waals surface area contributed by atoms with Crippen molar-refractivity contribution >= 4 is 17.6 Å². The van der Waals surface area contributed by atoms with Crippen LogP contribution in [-0.4, -0.2) is 16.1 Å². The minimum Gasteiger partial charge on any atom is -0.455 e. The zero-order valence-corrected chi connectivity index (χ0v) is 14.8. The van der Waals surface area contributed by atoms with Gasteiger partial charge in [0.2, 0.25) is 5.82 Å². The molecule has 0 radical (unpaired) electrons. The van der Waals surface area contributed by atoms with Crippen LogP contribution in [0, 0.1) is 0 Å². The fourth-order valence-corrected chi connectivity index (χ4v) is 3.25. The first-order valence-corrected chi connectivity index (χ1v) is 8.90. The molecule has 0 spiro atoms. The van der Waals surface area contributed by atoms with Crippen molar-refractivity contribution in [1.29, 1.82) is 0 Å². The van der Waals surface area contributed by atoms with E-state index < -0.39 is 0 Å². The van der Waals surface area contributed by atoms with Gasteiger partial charge < -0.3 is 9.26 Å². The Morgan fingerprint density at radius 3 is 2.77 bits per heavy atom. The number of carbonyl (C=O) groups is 1. The van der Waals surface area contributed by atoms with Crippen LogP contribution in [0.25, 0.3) is 11.4 Å². The summed E-state index contributed by atoms with van der Waals surface area (Å²) in [4.78, 5) is 16.3. The summed E-state index contributed by atoms with van der Waals surface area (Å²) >= 11 is 5.86. The Morgan fingerprint density at radius 2 is 1.92 bits per heavy atom. The molecule has 1 aliphatic rings. The minimum atomic E-state index is -0.311. The van der Waals surface area contributed by atoms with Crippen LogP contribution in [0.2, 0.25) is 5.02 Å². The summed E-state index contributed by atoms with van der Waals surface area (Å²) in [6.45, 7) is -0.0373. The van der Waals surface area contributed by atoms with Crippen molar-refractivity contribution in [3.8, 4) is 11.4 Å². The molecule has 3 aromatic rings. The molecule has 0 bridgehead atoms. The smallest absolute Gasteiger partial charge is 0.310 e. The van der Waals surface area contributed by atoms with Crippen molar-refractivity contribution in [2.75, 3.05) is 0 Å². The first kappa shape index (κ1) is 16.8. The summed E-state index contributed by atoms with van der Waals surface area (Å²) in [5, 5.41) is 4.53. The fourth-order valence-electron chi connectivity index (χ4n) is 3.12. The average Bonchev–Trinajstić information content (AvgIpc) is 3.29. The highest BCUT2D eigenvalue weighted by molar-refractivity contribution is 6.30. The van der Waals surface area contributed by atoms with Crippen molar-refractivity contribution in [2.45, 2.75) is 32.3 Å². The van der Waals surface area contributed by atoms with Crippen molar-refractivity contribution in [3.05, 3.63) is 70.1 Å². The van der Waals surface area contributed by atoms with Crippen LogP contribution >= 0.6 is 11.6 Å². The number of nitrogens with zero attached hydrogens (tertiary/aromatic N) is 2. The SMILES string of the molecule is O=C(Cc1ccc2c(c1)CCC2)OCc1nc(-c2ccc(Cl)cc2)no1. The highest BCUT2D eigenvalue weighted by Crippen LogP contribution is 2.23. The van der Waals surface area contributed by atoms with E-state index in [1.54, 1.807) is 24.3 Å². The van der Waals surface area contributed by atoms with E-state index in [0.29, 0.717) is 10.8 Å². The van der Waals surface area contributed by atoms with E-state index in [1.807, 2.05) is 6.07 Å². The molecule has 6 heteroatoms. The summed E-state index contributed by atoms with van der Waals surface area (Å²) in [7, 11) is 0. The standard InChI is InChI=1S/C20H17ClN2O3/c21-17-8-6-15(7-9-17)20-22-18(26-23-20)12-25-19(24)11-13-4-5-14-2-1-3-16(14)10-13/h4-10H,1-3,11-12H2. The molecule has 2 aromatic carbocycles. The molecule has 0 unspecified atom stereocenters. The van der Waals surface area contributed by atoms with Gasteiger partial charge in [-0.05, 0) is 60.2 Å². The van der Waals surface area contributed by atoms with Crippen LogP contribution in [0.4, 0.5) is 0 Å². The van der Waals surface area contributed by atoms with Gasteiger partial charge in [0, 0.05) is 10.6 Å². The maximum absolute atomic E-state index is 12.1. The van der Waals surface area contributed by atoms with Crippen LogP contribution < -0.4 is 0 Å². The molecule has 0 N–H and O–H groups in total. The number of rotatable bonds is 5. The van der Waals surface area contributed by atoms with Crippen molar-refractivity contribution in [3.63, 3.8) is 0 Å². The van der Waals surface area contributed by atoms with Gasteiger partial charge >= 0.3 is 5.97 Å². The Labute approximate surface area is 155 Å². The largest absolute Gasteiger partial charge is 0.455 e. The Balaban J connectivity index is 1.34. The molecule has 4 rings (SSSR count). The van der Waals surface area contributed by atoms with Gasteiger partial charge in [-0.1, -0.05) is 35.0 Å². The predicted octanol–water partition coefficient (Wildman–Crippen LogP) is 4.16. The van der Waals surface area contributed by atoms with Gasteiger partial charge in [-0.3, -0.25) is 4.79 Å². The average molecular weight is 369 g/mol. The lowest BCUT2D eigenvalue weighted by Crippen LogP contribution is -2.08. The Bertz CT molecular complexity index is 934. The number of carbonyl (C=O) groups excluding carboxylic acids is 1. The van der Waals surface area contributed by atoms with Gasteiger partial charge in [-0.25, -0.2) is 0 Å². The van der Waals surface area contributed by atoms with Gasteiger partial charge in [0.25, 0.3) is 5.89 Å². The first-order valence-electron chi connectivity index (χ1n) is 8.52. The van der Waals surface area contributed by atoms with Crippen LogP contribution in [0.1, 0.15) is 29.0 Å². The van der Waals surface area contributed by atoms with Gasteiger partial charge in [-0.2, -0.15) is 4.98 Å². The molecular formula is C20H17ClN2O3. The number of fused-ring (bicyclic) bond motifs is 1. The molecule has 0 fully saturated rings. The fraction of sp³-hybridized carbons (Fsp3) is 0.250. The highest BCUT2D eigenvalue weighted by atomic mass is 35.5. The molecule has 0 atom stereocenters. The maximum Gasteiger partial charge on any atom is 0.310 e. The Morgan fingerprint density at radius 1 is 1.12 bits per heavy atom. The molecule has 26 heavy (non-hydrogen) atoms. The van der Waals surface area contributed by atoms with Gasteiger partial charge in [0.05, 0.1) is 6.42 Å². The molecule has 0 aliphatic heterocycles. The number of ether oxygens (including phenoxy) is 1. The Hall–Kier alpha value is -2.66. The van der Waals surface area contributed by atoms with E-state index in [-0.39, 0.29) is 24.9 Å². The molecule has 0 amide bonds. The highest BCUT2D eigenvalue weighted by Gasteiger charge is 2.14. The number of hydrogen-bond acceptors (Lipinski definition) is 5. The topological polar surface area (TPSA) is 65.2 Å². The predicted molar refractivity (Wildman–Crippen MR) is 96.7 cm³/mol. The molecule has 1 aromatic heterocycles. The molecule has 132 valence electrons. The number of benzene rings is 2. The molecule has 0 saturated carbocycles. The third-order valence-electron chi connectivity index (χ3n) is 4.44. The van der Waals surface area contributed by atoms with Crippen LogP contribution in [-0.2, 0) is 35.4 Å². The van der Waals surface area contributed by atoms with E-state index in [2.05, 4.69) is 22.3 Å². The van der Waals surface area contributed by atoms with Crippen LogP contribution in [0.5, 0.6) is 0 Å². The molecule has 5 nitrogen and oxygen atoms in total. The third-order valence-corrected chi connectivity index (χ3v) is 4.69. The molecule has 0 saturated heterocycles. The lowest BCUT2D eigenvalue weighted by Gasteiger charge is -2.05. The lowest BCUT2D eigenvalue weighted by molar-refractivity contribution is -0.144. The van der Waals surface area contributed by atoms with Gasteiger partial charge in [0.15, 0.2) is 6.61 Å². The second kappa shape index (κ2) is 7.30. The normalized spacial score (nSPS) is 12.8. The number of aromatic nitrogens is 2. The number of esters is 1.